The van der Waals surface area contributed by atoms with Crippen molar-refractivity contribution in [3.63, 3.8) is 0 Å². The molecule has 1 amide bonds. The molecule has 2 heterocycles. The topological polar surface area (TPSA) is 70.7 Å². The van der Waals surface area contributed by atoms with E-state index in [1.54, 1.807) is 35.7 Å². The number of rotatable bonds is 6. The Labute approximate surface area is 205 Å². The van der Waals surface area contributed by atoms with E-state index in [0.29, 0.717) is 33.7 Å². The normalized spacial score (nSPS) is 14.7. The number of carbonyl (C=O) groups is 1. The minimum atomic E-state index is -1.59. The minimum absolute atomic E-state index is 0.244. The second kappa shape index (κ2) is 10.3. The number of hydrogen-bond donors (Lipinski definition) is 2. The third-order valence-electron chi connectivity index (χ3n) is 5.61. The van der Waals surface area contributed by atoms with Gasteiger partial charge in [-0.2, -0.15) is 0 Å². The predicted molar refractivity (Wildman–Crippen MR) is 137 cm³/mol. The van der Waals surface area contributed by atoms with Crippen molar-refractivity contribution < 1.29 is 13.7 Å². The van der Waals surface area contributed by atoms with Crippen LogP contribution in [0.5, 0.6) is 0 Å². The number of morpholine rings is 1. The van der Waals surface area contributed by atoms with Crippen LogP contribution in [0.15, 0.2) is 46.7 Å². The number of amides is 1. The Morgan fingerprint density at radius 1 is 1.12 bits per heavy atom. The number of nitrogens with zero attached hydrogens (tertiary/aromatic N) is 1. The lowest BCUT2D eigenvalue weighted by atomic mass is 10.0. The number of aryl methyl sites for hydroxylation is 2. The quantitative estimate of drug-likeness (QED) is 0.462. The fraction of sp³-hybridized carbons (Fsp3) is 0.292. The van der Waals surface area contributed by atoms with Gasteiger partial charge in [-0.1, -0.05) is 29.8 Å². The van der Waals surface area contributed by atoms with Crippen molar-refractivity contribution in [2.24, 2.45) is 0 Å². The van der Waals surface area contributed by atoms with Crippen LogP contribution in [-0.4, -0.2) is 36.4 Å². The van der Waals surface area contributed by atoms with E-state index in [1.165, 1.54) is 16.9 Å². The van der Waals surface area contributed by atoms with E-state index in [0.717, 1.165) is 35.6 Å². The van der Waals surface area contributed by atoms with Gasteiger partial charge < -0.3 is 15.0 Å². The van der Waals surface area contributed by atoms with Crippen molar-refractivity contribution in [3.05, 3.63) is 68.4 Å². The minimum Gasteiger partial charge on any atom is -0.378 e. The number of carbonyl (C=O) groups excluding carboxylic acids is 1. The summed E-state index contributed by atoms with van der Waals surface area (Å²) in [5.41, 5.74) is 5.67. The van der Waals surface area contributed by atoms with Crippen LogP contribution in [0.1, 0.15) is 26.4 Å². The summed E-state index contributed by atoms with van der Waals surface area (Å²) >= 11 is 7.47. The number of nitrogens with one attached hydrogen (secondary N) is 2. The molecule has 0 saturated carbocycles. The molecule has 1 aliphatic heterocycles. The maximum Gasteiger partial charge on any atom is 0.267 e. The second-order valence-electron chi connectivity index (χ2n) is 7.88. The number of anilines is 3. The Balaban J connectivity index is 1.58. The van der Waals surface area contributed by atoms with Crippen molar-refractivity contribution in [2.45, 2.75) is 25.7 Å². The van der Waals surface area contributed by atoms with E-state index >= 15 is 0 Å². The lowest BCUT2D eigenvalue weighted by Gasteiger charge is -2.32. The lowest BCUT2D eigenvalue weighted by Crippen LogP contribution is -2.37. The molecule has 1 fully saturated rings. The van der Waals surface area contributed by atoms with Gasteiger partial charge in [-0.05, 0) is 61.0 Å². The van der Waals surface area contributed by atoms with Crippen LogP contribution in [0.4, 0.5) is 17.1 Å². The van der Waals surface area contributed by atoms with Gasteiger partial charge in [-0.25, -0.2) is 4.21 Å². The first-order chi connectivity index (χ1) is 15.9. The monoisotopic (exact) mass is 503 g/mol. The van der Waals surface area contributed by atoms with Gasteiger partial charge in [0.05, 0.1) is 28.8 Å². The standard InChI is InChI=1S/C24H26ClN3O3S2/c1-15-14-16(2)22(28-9-11-31-12-10-28)17(3)21(15)26-24(29)23-19(8-13-32-23)27-33(30)20-7-5-4-6-18(20)25/h4-8,13-14,27H,9-12H2,1-3H3,(H,26,29). The first-order valence-corrected chi connectivity index (χ1v) is 13.0. The third kappa shape index (κ3) is 5.09. The molecule has 0 radical (unpaired) electrons. The molecule has 9 heteroatoms. The van der Waals surface area contributed by atoms with E-state index in [-0.39, 0.29) is 5.91 Å². The molecule has 2 aromatic carbocycles. The Kier molecular flexibility index (Phi) is 7.38. The second-order valence-corrected chi connectivity index (χ2v) is 10.4. The molecule has 174 valence electrons. The molecule has 2 N–H and O–H groups in total. The molecule has 0 bridgehead atoms. The average Bonchev–Trinajstić information content (AvgIpc) is 3.25. The van der Waals surface area contributed by atoms with Crippen LogP contribution in [0.25, 0.3) is 0 Å². The first kappa shape index (κ1) is 23.8. The van der Waals surface area contributed by atoms with Crippen LogP contribution in [-0.2, 0) is 15.7 Å². The van der Waals surface area contributed by atoms with Gasteiger partial charge >= 0.3 is 0 Å². The Morgan fingerprint density at radius 2 is 1.85 bits per heavy atom. The summed E-state index contributed by atoms with van der Waals surface area (Å²) in [6, 6.07) is 10.8. The fourth-order valence-corrected chi connectivity index (χ4v) is 6.21. The van der Waals surface area contributed by atoms with Crippen LogP contribution >= 0.6 is 22.9 Å². The molecule has 1 unspecified atom stereocenters. The average molecular weight is 504 g/mol. The molecular weight excluding hydrogens is 478 g/mol. The van der Waals surface area contributed by atoms with Gasteiger partial charge in [0.25, 0.3) is 5.91 Å². The molecule has 6 nitrogen and oxygen atoms in total. The first-order valence-electron chi connectivity index (χ1n) is 10.6. The fourth-order valence-electron chi connectivity index (χ4n) is 4.13. The molecule has 0 aliphatic carbocycles. The summed E-state index contributed by atoms with van der Waals surface area (Å²) in [6.07, 6.45) is 0. The number of halogens is 1. The maximum atomic E-state index is 13.3. The smallest absolute Gasteiger partial charge is 0.267 e. The van der Waals surface area contributed by atoms with Crippen LogP contribution in [0, 0.1) is 20.8 Å². The van der Waals surface area contributed by atoms with Gasteiger partial charge in [-0.3, -0.25) is 9.52 Å². The van der Waals surface area contributed by atoms with E-state index in [4.69, 9.17) is 16.3 Å². The Hall–Kier alpha value is -2.39. The van der Waals surface area contributed by atoms with Crippen molar-refractivity contribution in [2.75, 3.05) is 41.2 Å². The van der Waals surface area contributed by atoms with Gasteiger partial charge in [0.15, 0.2) is 11.0 Å². The van der Waals surface area contributed by atoms with Crippen molar-refractivity contribution >= 4 is 56.9 Å². The molecule has 4 rings (SSSR count). The van der Waals surface area contributed by atoms with Crippen molar-refractivity contribution in [3.8, 4) is 0 Å². The zero-order valence-electron chi connectivity index (χ0n) is 18.7. The summed E-state index contributed by atoms with van der Waals surface area (Å²) in [5.74, 6) is -0.244. The largest absolute Gasteiger partial charge is 0.378 e. The molecule has 33 heavy (non-hydrogen) atoms. The molecule has 3 aromatic rings. The molecule has 0 spiro atoms. The zero-order valence-corrected chi connectivity index (χ0v) is 21.1. The number of thiophene rings is 1. The maximum absolute atomic E-state index is 13.3. The van der Waals surface area contributed by atoms with E-state index in [1.807, 2.05) is 13.8 Å². The molecular formula is C24H26ClN3O3S2. The highest BCUT2D eigenvalue weighted by atomic mass is 35.5. The number of benzene rings is 2. The molecule has 1 saturated heterocycles. The van der Waals surface area contributed by atoms with E-state index in [2.05, 4.69) is 27.9 Å². The van der Waals surface area contributed by atoms with E-state index < -0.39 is 11.0 Å². The van der Waals surface area contributed by atoms with Gasteiger partial charge in [-0.15, -0.1) is 11.3 Å². The molecule has 1 aliphatic rings. The van der Waals surface area contributed by atoms with Crippen molar-refractivity contribution in [1.29, 1.82) is 0 Å². The lowest BCUT2D eigenvalue weighted by molar-refractivity contribution is 0.103. The summed E-state index contributed by atoms with van der Waals surface area (Å²) < 4.78 is 21.2. The van der Waals surface area contributed by atoms with Gasteiger partial charge in [0.2, 0.25) is 0 Å². The van der Waals surface area contributed by atoms with Crippen LogP contribution in [0.2, 0.25) is 5.02 Å². The summed E-state index contributed by atoms with van der Waals surface area (Å²) in [4.78, 5) is 16.5. The summed E-state index contributed by atoms with van der Waals surface area (Å²) in [6.45, 7) is 9.18. The highest BCUT2D eigenvalue weighted by Gasteiger charge is 2.22. The summed E-state index contributed by atoms with van der Waals surface area (Å²) in [7, 11) is -1.59. The highest BCUT2D eigenvalue weighted by molar-refractivity contribution is 7.86. The third-order valence-corrected chi connectivity index (χ3v) is 8.12. The number of ether oxygens (including phenoxy) is 1. The highest BCUT2D eigenvalue weighted by Crippen LogP contribution is 2.35. The van der Waals surface area contributed by atoms with E-state index in [9.17, 15) is 9.00 Å². The molecule has 1 aromatic heterocycles. The Morgan fingerprint density at radius 3 is 2.58 bits per heavy atom. The van der Waals surface area contributed by atoms with Crippen LogP contribution < -0.4 is 14.9 Å². The zero-order chi connectivity index (χ0) is 23.5. The number of hydrogen-bond acceptors (Lipinski definition) is 5. The van der Waals surface area contributed by atoms with Crippen molar-refractivity contribution in [1.82, 2.24) is 0 Å². The van der Waals surface area contributed by atoms with Gasteiger partial charge in [0.1, 0.15) is 4.88 Å². The Bertz CT molecular complexity index is 1210. The molecule has 1 atom stereocenters. The van der Waals surface area contributed by atoms with Gasteiger partial charge in [0, 0.05) is 24.5 Å². The predicted octanol–water partition coefficient (Wildman–Crippen LogP) is 5.55. The summed E-state index contributed by atoms with van der Waals surface area (Å²) in [5, 5.41) is 5.31. The SMILES string of the molecule is Cc1cc(C)c(N2CCOCC2)c(C)c1NC(=O)c1sccc1NS(=O)c1ccccc1Cl. The van der Waals surface area contributed by atoms with Crippen LogP contribution in [0.3, 0.4) is 0 Å².